The number of anilines is 1. The Balaban J connectivity index is 1.57. The number of carbonyl (C=O) groups excluding carboxylic acids is 2. The molecule has 3 rings (SSSR count). The molecule has 2 amide bonds. The van der Waals surface area contributed by atoms with E-state index in [0.717, 1.165) is 30.0 Å². The molecule has 20 heavy (non-hydrogen) atoms. The van der Waals surface area contributed by atoms with Crippen molar-refractivity contribution >= 4 is 17.5 Å². The first-order chi connectivity index (χ1) is 9.70. The first kappa shape index (κ1) is 13.1. The first-order valence-corrected chi connectivity index (χ1v) is 7.22. The van der Waals surface area contributed by atoms with E-state index in [1.165, 1.54) is 17.5 Å². The molecule has 3 N–H and O–H groups in total. The Labute approximate surface area is 118 Å². The molecule has 2 aliphatic rings. The van der Waals surface area contributed by atoms with Gasteiger partial charge in [-0.05, 0) is 42.5 Å². The molecular formula is C15H20N3O2+. The molecule has 1 aromatic carbocycles. The van der Waals surface area contributed by atoms with Crippen molar-refractivity contribution in [2.45, 2.75) is 19.3 Å². The van der Waals surface area contributed by atoms with E-state index < -0.39 is 0 Å². The maximum absolute atomic E-state index is 12.0. The van der Waals surface area contributed by atoms with Crippen molar-refractivity contribution in [3.8, 4) is 0 Å². The molecule has 1 unspecified atom stereocenters. The number of piperazine rings is 1. The Hall–Kier alpha value is -1.88. The monoisotopic (exact) mass is 274 g/mol. The summed E-state index contributed by atoms with van der Waals surface area (Å²) in [6.45, 7) is 2.20. The lowest BCUT2D eigenvalue weighted by atomic mass is 10.1. The van der Waals surface area contributed by atoms with E-state index in [2.05, 4.69) is 22.8 Å². The van der Waals surface area contributed by atoms with Gasteiger partial charge in [-0.3, -0.25) is 9.59 Å². The molecule has 1 saturated heterocycles. The van der Waals surface area contributed by atoms with Gasteiger partial charge >= 0.3 is 0 Å². The van der Waals surface area contributed by atoms with E-state index in [1.54, 1.807) is 0 Å². The third-order valence-electron chi connectivity index (χ3n) is 4.00. The van der Waals surface area contributed by atoms with Crippen LogP contribution in [0.1, 0.15) is 17.5 Å². The molecule has 1 aromatic rings. The van der Waals surface area contributed by atoms with Crippen LogP contribution in [0.2, 0.25) is 0 Å². The van der Waals surface area contributed by atoms with Gasteiger partial charge in [-0.2, -0.15) is 0 Å². The quantitative estimate of drug-likeness (QED) is 0.671. The Bertz CT molecular complexity index is 542. The Morgan fingerprint density at radius 2 is 2.15 bits per heavy atom. The highest BCUT2D eigenvalue weighted by Gasteiger charge is 2.22. The fourth-order valence-corrected chi connectivity index (χ4v) is 2.99. The second-order valence-electron chi connectivity index (χ2n) is 5.59. The zero-order valence-corrected chi connectivity index (χ0v) is 11.5. The highest BCUT2D eigenvalue weighted by Crippen LogP contribution is 2.24. The molecule has 0 aromatic heterocycles. The molecule has 0 radical (unpaired) electrons. The SMILES string of the molecule is O=C1C[NH+](CC(=O)Nc2ccc3c(c2)CCC3)CCN1. The maximum Gasteiger partial charge on any atom is 0.279 e. The minimum Gasteiger partial charge on any atom is -0.346 e. The van der Waals surface area contributed by atoms with Gasteiger partial charge in [0.05, 0.1) is 13.1 Å². The Morgan fingerprint density at radius 3 is 3.00 bits per heavy atom. The van der Waals surface area contributed by atoms with Crippen LogP contribution in [0.3, 0.4) is 0 Å². The number of quaternary nitrogens is 1. The average molecular weight is 274 g/mol. The lowest BCUT2D eigenvalue weighted by molar-refractivity contribution is -0.885. The van der Waals surface area contributed by atoms with E-state index in [0.29, 0.717) is 19.6 Å². The Morgan fingerprint density at radius 1 is 1.30 bits per heavy atom. The fourth-order valence-electron chi connectivity index (χ4n) is 2.99. The zero-order valence-electron chi connectivity index (χ0n) is 11.5. The molecule has 5 nitrogen and oxygen atoms in total. The normalized spacial score (nSPS) is 21.2. The van der Waals surface area contributed by atoms with Crippen LogP contribution in [0, 0.1) is 0 Å². The summed E-state index contributed by atoms with van der Waals surface area (Å²) in [6, 6.07) is 6.16. The standard InChI is InChI=1S/C15H19N3O2/c19-14-9-18(7-6-16-14)10-15(20)17-13-5-4-11-2-1-3-12(11)8-13/h4-5,8H,1-3,6-7,9-10H2,(H,16,19)(H,17,20)/p+1. The third kappa shape index (κ3) is 2.99. The van der Waals surface area contributed by atoms with E-state index in [1.807, 2.05) is 6.07 Å². The summed E-state index contributed by atoms with van der Waals surface area (Å²) in [5, 5.41) is 5.71. The Kier molecular flexibility index (Phi) is 3.69. The zero-order chi connectivity index (χ0) is 13.9. The molecule has 1 fully saturated rings. The van der Waals surface area contributed by atoms with E-state index in [9.17, 15) is 9.59 Å². The number of aryl methyl sites for hydroxylation is 2. The van der Waals surface area contributed by atoms with Gasteiger partial charge in [-0.15, -0.1) is 0 Å². The van der Waals surface area contributed by atoms with Crippen molar-refractivity contribution in [3.05, 3.63) is 29.3 Å². The van der Waals surface area contributed by atoms with Crippen molar-refractivity contribution in [2.24, 2.45) is 0 Å². The van der Waals surface area contributed by atoms with Gasteiger partial charge in [0.15, 0.2) is 13.1 Å². The predicted molar refractivity (Wildman–Crippen MR) is 75.7 cm³/mol. The van der Waals surface area contributed by atoms with Crippen LogP contribution in [-0.2, 0) is 22.4 Å². The van der Waals surface area contributed by atoms with Gasteiger partial charge in [0.2, 0.25) is 0 Å². The van der Waals surface area contributed by atoms with Crippen LogP contribution in [0.4, 0.5) is 5.69 Å². The molecule has 5 heteroatoms. The topological polar surface area (TPSA) is 62.6 Å². The molecular weight excluding hydrogens is 254 g/mol. The lowest BCUT2D eigenvalue weighted by Gasteiger charge is -2.22. The summed E-state index contributed by atoms with van der Waals surface area (Å²) in [7, 11) is 0. The molecule has 0 saturated carbocycles. The number of hydrogen-bond acceptors (Lipinski definition) is 2. The molecule has 1 heterocycles. The van der Waals surface area contributed by atoms with Crippen molar-refractivity contribution in [2.75, 3.05) is 31.5 Å². The minimum absolute atomic E-state index is 0.0207. The largest absolute Gasteiger partial charge is 0.346 e. The van der Waals surface area contributed by atoms with Crippen molar-refractivity contribution < 1.29 is 14.5 Å². The molecule has 0 bridgehead atoms. The molecule has 1 atom stereocenters. The summed E-state index contributed by atoms with van der Waals surface area (Å²) in [5.41, 5.74) is 3.63. The first-order valence-electron chi connectivity index (χ1n) is 7.22. The van der Waals surface area contributed by atoms with Gasteiger partial charge < -0.3 is 15.5 Å². The number of amides is 2. The van der Waals surface area contributed by atoms with Gasteiger partial charge in [0.25, 0.3) is 11.8 Å². The average Bonchev–Trinajstić information content (AvgIpc) is 2.86. The molecule has 106 valence electrons. The van der Waals surface area contributed by atoms with E-state index in [-0.39, 0.29) is 11.8 Å². The van der Waals surface area contributed by atoms with E-state index >= 15 is 0 Å². The van der Waals surface area contributed by atoms with Crippen LogP contribution in [0.15, 0.2) is 18.2 Å². The second kappa shape index (κ2) is 5.63. The summed E-state index contributed by atoms with van der Waals surface area (Å²) in [5.74, 6) is 0.00391. The van der Waals surface area contributed by atoms with Gasteiger partial charge in [-0.1, -0.05) is 6.07 Å². The maximum atomic E-state index is 12.0. The van der Waals surface area contributed by atoms with Crippen LogP contribution >= 0.6 is 0 Å². The van der Waals surface area contributed by atoms with Crippen LogP contribution in [-0.4, -0.2) is 38.0 Å². The summed E-state index contributed by atoms with van der Waals surface area (Å²) in [6.07, 6.45) is 3.47. The van der Waals surface area contributed by atoms with Crippen molar-refractivity contribution in [3.63, 3.8) is 0 Å². The summed E-state index contributed by atoms with van der Waals surface area (Å²) in [4.78, 5) is 24.3. The number of carbonyl (C=O) groups is 2. The molecule has 1 aliphatic heterocycles. The highest BCUT2D eigenvalue weighted by atomic mass is 16.2. The molecule has 0 spiro atoms. The summed E-state index contributed by atoms with van der Waals surface area (Å²) < 4.78 is 0. The second-order valence-corrected chi connectivity index (χ2v) is 5.59. The van der Waals surface area contributed by atoms with Crippen LogP contribution < -0.4 is 15.5 Å². The van der Waals surface area contributed by atoms with Crippen LogP contribution in [0.5, 0.6) is 0 Å². The van der Waals surface area contributed by atoms with Crippen molar-refractivity contribution in [1.82, 2.24) is 5.32 Å². The number of hydrogen-bond donors (Lipinski definition) is 3. The lowest BCUT2D eigenvalue weighted by Crippen LogP contribution is -3.16. The summed E-state index contributed by atoms with van der Waals surface area (Å²) >= 11 is 0. The highest BCUT2D eigenvalue weighted by molar-refractivity contribution is 5.91. The van der Waals surface area contributed by atoms with E-state index in [4.69, 9.17) is 0 Å². The van der Waals surface area contributed by atoms with Crippen molar-refractivity contribution in [1.29, 1.82) is 0 Å². The molecule has 1 aliphatic carbocycles. The number of rotatable bonds is 3. The smallest absolute Gasteiger partial charge is 0.279 e. The number of nitrogens with one attached hydrogen (secondary N) is 3. The van der Waals surface area contributed by atoms with Crippen LogP contribution in [0.25, 0.3) is 0 Å². The van der Waals surface area contributed by atoms with Gasteiger partial charge in [0, 0.05) is 5.69 Å². The number of fused-ring (bicyclic) bond motifs is 1. The predicted octanol–water partition coefficient (Wildman–Crippen LogP) is -0.871. The number of benzene rings is 1. The fraction of sp³-hybridized carbons (Fsp3) is 0.467. The van der Waals surface area contributed by atoms with Gasteiger partial charge in [-0.25, -0.2) is 0 Å². The third-order valence-corrected chi connectivity index (χ3v) is 4.00. The minimum atomic E-state index is -0.0207. The van der Waals surface area contributed by atoms with Gasteiger partial charge in [0.1, 0.15) is 0 Å².